The molecule has 0 spiro atoms. The number of hydrogen-bond donors (Lipinski definition) is 1. The lowest BCUT2D eigenvalue weighted by Gasteiger charge is -2.07. The van der Waals surface area contributed by atoms with E-state index in [9.17, 15) is 10.1 Å². The average Bonchev–Trinajstić information content (AvgIpc) is 2.36. The number of aromatic nitrogens is 1. The summed E-state index contributed by atoms with van der Waals surface area (Å²) >= 11 is 3.29. The monoisotopic (exact) mass is 321 g/mol. The second-order valence-electron chi connectivity index (χ2n) is 4.08. The number of benzene rings is 1. The van der Waals surface area contributed by atoms with Crippen LogP contribution in [-0.4, -0.2) is 9.91 Å². The molecule has 0 bridgehead atoms. The first-order valence-corrected chi connectivity index (χ1v) is 6.46. The van der Waals surface area contributed by atoms with E-state index in [4.69, 9.17) is 0 Å². The summed E-state index contributed by atoms with van der Waals surface area (Å²) in [5.74, 6) is 0. The quantitative estimate of drug-likeness (QED) is 0.530. The lowest BCUT2D eigenvalue weighted by Crippen LogP contribution is -2.04. The fourth-order valence-corrected chi connectivity index (χ4v) is 2.07. The van der Waals surface area contributed by atoms with Crippen LogP contribution in [0, 0.1) is 17.0 Å². The van der Waals surface area contributed by atoms with Crippen LogP contribution in [0.1, 0.15) is 11.3 Å². The number of nitrogens with one attached hydrogen (secondary N) is 1. The summed E-state index contributed by atoms with van der Waals surface area (Å²) in [6.45, 7) is 2.33. The van der Waals surface area contributed by atoms with Crippen molar-refractivity contribution in [2.45, 2.75) is 13.5 Å². The molecule has 0 aliphatic carbocycles. The van der Waals surface area contributed by atoms with Gasteiger partial charge < -0.3 is 5.32 Å². The third-order valence-corrected chi connectivity index (χ3v) is 3.02. The molecule has 0 atom stereocenters. The van der Waals surface area contributed by atoms with Gasteiger partial charge >= 0.3 is 0 Å². The summed E-state index contributed by atoms with van der Waals surface area (Å²) in [5, 5.41) is 14.0. The summed E-state index contributed by atoms with van der Waals surface area (Å²) in [4.78, 5) is 14.8. The lowest BCUT2D eigenvalue weighted by molar-refractivity contribution is -0.384. The zero-order chi connectivity index (χ0) is 13.8. The maximum absolute atomic E-state index is 10.9. The fraction of sp³-hybridized carbons (Fsp3) is 0.154. The number of nitro benzene ring substituents is 1. The molecular weight excluding hydrogens is 310 g/mol. The minimum atomic E-state index is -0.393. The molecule has 0 fully saturated rings. The zero-order valence-electron chi connectivity index (χ0n) is 10.3. The summed E-state index contributed by atoms with van der Waals surface area (Å²) in [6.07, 6.45) is 0. The van der Waals surface area contributed by atoms with Crippen LogP contribution in [0.25, 0.3) is 0 Å². The molecule has 2 rings (SSSR count). The van der Waals surface area contributed by atoms with E-state index in [1.54, 1.807) is 12.1 Å². The third kappa shape index (κ3) is 3.51. The van der Waals surface area contributed by atoms with Gasteiger partial charge in [-0.25, -0.2) is 4.98 Å². The van der Waals surface area contributed by atoms with Crippen LogP contribution in [0.5, 0.6) is 0 Å². The highest BCUT2D eigenvalue weighted by atomic mass is 79.9. The van der Waals surface area contributed by atoms with Gasteiger partial charge in [-0.3, -0.25) is 10.1 Å². The van der Waals surface area contributed by atoms with Crippen molar-refractivity contribution in [1.29, 1.82) is 0 Å². The predicted molar refractivity (Wildman–Crippen MR) is 77.1 cm³/mol. The summed E-state index contributed by atoms with van der Waals surface area (Å²) in [5.41, 5.74) is 2.35. The number of hydrogen-bond acceptors (Lipinski definition) is 4. The Balaban J connectivity index is 2.19. The predicted octanol–water partition coefficient (Wildman–Crippen LogP) is 3.67. The second-order valence-corrected chi connectivity index (χ2v) is 4.90. The van der Waals surface area contributed by atoms with E-state index in [1.165, 1.54) is 6.07 Å². The molecule has 6 heteroatoms. The third-order valence-electron chi connectivity index (χ3n) is 2.58. The topological polar surface area (TPSA) is 68.1 Å². The van der Waals surface area contributed by atoms with Gasteiger partial charge in [0, 0.05) is 6.07 Å². The molecule has 1 heterocycles. The molecule has 1 N–H and O–H groups in total. The summed E-state index contributed by atoms with van der Waals surface area (Å²) in [7, 11) is 0. The van der Waals surface area contributed by atoms with Crippen molar-refractivity contribution < 1.29 is 4.92 Å². The number of pyridine rings is 1. The van der Waals surface area contributed by atoms with Gasteiger partial charge in [-0.05, 0) is 46.6 Å². The Morgan fingerprint density at radius 3 is 2.84 bits per heavy atom. The van der Waals surface area contributed by atoms with Crippen LogP contribution in [0.4, 0.5) is 11.4 Å². The molecule has 2 aromatic rings. The highest BCUT2D eigenvalue weighted by molar-refractivity contribution is 9.10. The molecule has 0 saturated carbocycles. The van der Waals surface area contributed by atoms with E-state index in [2.05, 4.69) is 26.2 Å². The van der Waals surface area contributed by atoms with Gasteiger partial charge in [0.2, 0.25) is 0 Å². The Morgan fingerprint density at radius 1 is 1.37 bits per heavy atom. The second kappa shape index (κ2) is 5.79. The number of aryl methyl sites for hydroxylation is 1. The smallest absolute Gasteiger partial charge is 0.292 e. The van der Waals surface area contributed by atoms with Crippen molar-refractivity contribution in [3.8, 4) is 0 Å². The zero-order valence-corrected chi connectivity index (χ0v) is 11.8. The van der Waals surface area contributed by atoms with Crippen LogP contribution in [-0.2, 0) is 6.54 Å². The average molecular weight is 322 g/mol. The lowest BCUT2D eigenvalue weighted by atomic mass is 10.2. The molecule has 1 aromatic carbocycles. The van der Waals surface area contributed by atoms with E-state index >= 15 is 0 Å². The van der Waals surface area contributed by atoms with E-state index in [0.717, 1.165) is 15.9 Å². The highest BCUT2D eigenvalue weighted by Crippen LogP contribution is 2.25. The molecule has 5 nitrogen and oxygen atoms in total. The van der Waals surface area contributed by atoms with Crippen LogP contribution < -0.4 is 5.32 Å². The van der Waals surface area contributed by atoms with Crippen LogP contribution in [0.15, 0.2) is 41.0 Å². The van der Waals surface area contributed by atoms with Gasteiger partial charge in [0.1, 0.15) is 10.3 Å². The maximum Gasteiger partial charge on any atom is 0.292 e. The largest absolute Gasteiger partial charge is 0.374 e. The highest BCUT2D eigenvalue weighted by Gasteiger charge is 2.13. The van der Waals surface area contributed by atoms with Gasteiger partial charge in [-0.15, -0.1) is 0 Å². The van der Waals surface area contributed by atoms with E-state index in [1.807, 2.05) is 25.1 Å². The molecule has 98 valence electrons. The molecule has 0 aliphatic rings. The Kier molecular flexibility index (Phi) is 4.11. The Bertz CT molecular complexity index is 617. The van der Waals surface area contributed by atoms with Gasteiger partial charge in [0.25, 0.3) is 5.69 Å². The normalized spacial score (nSPS) is 10.2. The van der Waals surface area contributed by atoms with Crippen molar-refractivity contribution >= 4 is 27.3 Å². The molecule has 0 saturated heterocycles. The fourth-order valence-electron chi connectivity index (χ4n) is 1.69. The van der Waals surface area contributed by atoms with Crippen LogP contribution in [0.2, 0.25) is 0 Å². The van der Waals surface area contributed by atoms with Gasteiger partial charge in [0.15, 0.2) is 0 Å². The maximum atomic E-state index is 10.9. The molecular formula is C13H12BrN3O2. The van der Waals surface area contributed by atoms with Crippen LogP contribution >= 0.6 is 15.9 Å². The number of nitrogens with zero attached hydrogens (tertiary/aromatic N) is 2. The molecule has 19 heavy (non-hydrogen) atoms. The van der Waals surface area contributed by atoms with Crippen molar-refractivity contribution in [3.05, 3.63) is 62.4 Å². The van der Waals surface area contributed by atoms with E-state index in [-0.39, 0.29) is 5.69 Å². The van der Waals surface area contributed by atoms with Gasteiger partial charge in [0.05, 0.1) is 17.2 Å². The first-order valence-electron chi connectivity index (χ1n) is 5.66. The van der Waals surface area contributed by atoms with Crippen molar-refractivity contribution in [2.24, 2.45) is 0 Å². The molecule has 0 aliphatic heterocycles. The molecule has 0 unspecified atom stereocenters. The number of anilines is 1. The Hall–Kier alpha value is -1.95. The van der Waals surface area contributed by atoms with Crippen molar-refractivity contribution in [2.75, 3.05) is 5.32 Å². The Morgan fingerprint density at radius 2 is 2.16 bits per heavy atom. The minimum Gasteiger partial charge on any atom is -0.374 e. The van der Waals surface area contributed by atoms with Gasteiger partial charge in [-0.1, -0.05) is 12.1 Å². The minimum absolute atomic E-state index is 0.0700. The van der Waals surface area contributed by atoms with Crippen LogP contribution in [0.3, 0.4) is 0 Å². The Labute approximate surface area is 119 Å². The van der Waals surface area contributed by atoms with Crippen molar-refractivity contribution in [3.63, 3.8) is 0 Å². The van der Waals surface area contributed by atoms with Gasteiger partial charge in [-0.2, -0.15) is 0 Å². The first kappa shape index (κ1) is 13.5. The molecule has 1 aromatic heterocycles. The summed E-state index contributed by atoms with van der Waals surface area (Å²) in [6, 6.07) is 10.6. The number of halogens is 1. The molecule has 0 radical (unpaired) electrons. The standard InChI is InChI=1S/C13H12BrN3O2/c1-9-5-6-12(17(18)19)11(7-9)15-8-10-3-2-4-13(14)16-10/h2-7,15H,8H2,1H3. The number of nitro groups is 1. The molecule has 0 amide bonds. The van der Waals surface area contributed by atoms with E-state index in [0.29, 0.717) is 12.2 Å². The number of rotatable bonds is 4. The van der Waals surface area contributed by atoms with Crippen molar-refractivity contribution in [1.82, 2.24) is 4.98 Å². The summed E-state index contributed by atoms with van der Waals surface area (Å²) < 4.78 is 0.741. The van der Waals surface area contributed by atoms with E-state index < -0.39 is 4.92 Å². The first-order chi connectivity index (χ1) is 9.06. The SMILES string of the molecule is Cc1ccc([N+](=O)[O-])c(NCc2cccc(Br)n2)c1.